The molecule has 0 saturated carbocycles. The van der Waals surface area contributed by atoms with Crippen LogP contribution in [-0.4, -0.2) is 26.7 Å². The first kappa shape index (κ1) is 15.1. The molecule has 0 aliphatic carbocycles. The molecular weight excluding hydrogens is 316 g/mol. The molecule has 0 aliphatic rings. The minimum absolute atomic E-state index is 0.153. The van der Waals surface area contributed by atoms with E-state index in [1.165, 1.54) is 10.6 Å². The number of aromatic amines is 1. The van der Waals surface area contributed by atoms with Gasteiger partial charge in [0.25, 0.3) is 5.56 Å². The van der Waals surface area contributed by atoms with Gasteiger partial charge in [0, 0.05) is 35.2 Å². The highest BCUT2D eigenvalue weighted by Gasteiger charge is 2.14. The molecule has 0 fully saturated rings. The summed E-state index contributed by atoms with van der Waals surface area (Å²) in [4.78, 5) is 21.2. The lowest BCUT2D eigenvalue weighted by Crippen LogP contribution is -2.14. The molecule has 124 valence electrons. The number of benzene rings is 1. The standard InChI is InChI=1S/C19H16N4O2/c1-12-18(14-3-5-15(25-2)6-4-14)22-23-17(24)11-16(21-19(12)23)13-7-9-20-10-8-13/h3-11,22H,1-2H3. The Morgan fingerprint density at radius 3 is 2.44 bits per heavy atom. The molecule has 0 radical (unpaired) electrons. The van der Waals surface area contributed by atoms with Crippen molar-refractivity contribution in [3.05, 3.63) is 70.8 Å². The molecule has 1 N–H and O–H groups in total. The summed E-state index contributed by atoms with van der Waals surface area (Å²) < 4.78 is 6.67. The summed E-state index contributed by atoms with van der Waals surface area (Å²) in [6, 6.07) is 12.9. The van der Waals surface area contributed by atoms with E-state index in [4.69, 9.17) is 4.74 Å². The van der Waals surface area contributed by atoms with Crippen LogP contribution in [0.3, 0.4) is 0 Å². The molecule has 6 nitrogen and oxygen atoms in total. The fourth-order valence-electron chi connectivity index (χ4n) is 2.86. The quantitative estimate of drug-likeness (QED) is 0.626. The molecular formula is C19H16N4O2. The summed E-state index contributed by atoms with van der Waals surface area (Å²) in [5.41, 5.74) is 4.70. The lowest BCUT2D eigenvalue weighted by atomic mass is 10.1. The van der Waals surface area contributed by atoms with E-state index in [0.29, 0.717) is 11.3 Å². The second-order valence-corrected chi connectivity index (χ2v) is 5.71. The van der Waals surface area contributed by atoms with E-state index in [1.54, 1.807) is 19.5 Å². The zero-order valence-electron chi connectivity index (χ0n) is 13.9. The van der Waals surface area contributed by atoms with Gasteiger partial charge in [-0.2, -0.15) is 0 Å². The fraction of sp³-hybridized carbons (Fsp3) is 0.105. The van der Waals surface area contributed by atoms with Crippen molar-refractivity contribution < 1.29 is 4.74 Å². The predicted octanol–water partition coefficient (Wildman–Crippen LogP) is 3.07. The molecule has 0 saturated heterocycles. The SMILES string of the molecule is COc1ccc(-c2[nH]n3c(=O)cc(-c4ccncc4)nc3c2C)cc1. The van der Waals surface area contributed by atoms with Gasteiger partial charge in [0.2, 0.25) is 0 Å². The third-order valence-electron chi connectivity index (χ3n) is 4.21. The van der Waals surface area contributed by atoms with E-state index in [-0.39, 0.29) is 5.56 Å². The Morgan fingerprint density at radius 2 is 1.76 bits per heavy atom. The van der Waals surface area contributed by atoms with Crippen LogP contribution in [0.2, 0.25) is 0 Å². The zero-order chi connectivity index (χ0) is 17.4. The van der Waals surface area contributed by atoms with Gasteiger partial charge in [-0.15, -0.1) is 0 Å². The van der Waals surface area contributed by atoms with Gasteiger partial charge in [-0.1, -0.05) is 0 Å². The van der Waals surface area contributed by atoms with Crippen molar-refractivity contribution in [1.82, 2.24) is 19.6 Å². The van der Waals surface area contributed by atoms with Crippen LogP contribution in [-0.2, 0) is 0 Å². The maximum absolute atomic E-state index is 12.5. The Kier molecular flexibility index (Phi) is 3.57. The Balaban J connectivity index is 1.90. The van der Waals surface area contributed by atoms with Crippen molar-refractivity contribution in [2.24, 2.45) is 0 Å². The van der Waals surface area contributed by atoms with E-state index >= 15 is 0 Å². The molecule has 4 rings (SSSR count). The summed E-state index contributed by atoms with van der Waals surface area (Å²) >= 11 is 0. The second-order valence-electron chi connectivity index (χ2n) is 5.71. The van der Waals surface area contributed by atoms with Gasteiger partial charge in [-0.25, -0.2) is 9.50 Å². The van der Waals surface area contributed by atoms with Crippen molar-refractivity contribution in [3.8, 4) is 28.3 Å². The number of nitrogens with one attached hydrogen (secondary N) is 1. The van der Waals surface area contributed by atoms with Gasteiger partial charge < -0.3 is 4.74 Å². The third kappa shape index (κ3) is 2.57. The molecule has 0 spiro atoms. The number of aryl methyl sites for hydroxylation is 1. The first-order chi connectivity index (χ1) is 12.2. The average Bonchev–Trinajstić information content (AvgIpc) is 3.00. The summed E-state index contributed by atoms with van der Waals surface area (Å²) in [5.74, 6) is 0.785. The molecule has 0 amide bonds. The number of aromatic nitrogens is 4. The number of fused-ring (bicyclic) bond motifs is 1. The van der Waals surface area contributed by atoms with Crippen LogP contribution >= 0.6 is 0 Å². The number of methoxy groups -OCH3 is 1. The molecule has 0 unspecified atom stereocenters. The zero-order valence-corrected chi connectivity index (χ0v) is 13.9. The highest BCUT2D eigenvalue weighted by Crippen LogP contribution is 2.26. The van der Waals surface area contributed by atoms with Crippen LogP contribution in [0.5, 0.6) is 5.75 Å². The first-order valence-corrected chi connectivity index (χ1v) is 7.84. The van der Waals surface area contributed by atoms with Crippen LogP contribution in [0.25, 0.3) is 28.2 Å². The molecule has 25 heavy (non-hydrogen) atoms. The molecule has 3 heterocycles. The van der Waals surface area contributed by atoms with Crippen LogP contribution in [0.15, 0.2) is 59.7 Å². The van der Waals surface area contributed by atoms with Crippen molar-refractivity contribution in [2.75, 3.05) is 7.11 Å². The Labute approximate surface area is 143 Å². The number of H-pyrrole nitrogens is 1. The number of rotatable bonds is 3. The van der Waals surface area contributed by atoms with E-state index in [9.17, 15) is 4.79 Å². The van der Waals surface area contributed by atoms with Crippen molar-refractivity contribution in [1.29, 1.82) is 0 Å². The fourth-order valence-corrected chi connectivity index (χ4v) is 2.86. The van der Waals surface area contributed by atoms with Gasteiger partial charge in [0.1, 0.15) is 5.75 Å². The number of ether oxygens (including phenoxy) is 1. The molecule has 4 aromatic rings. The summed E-state index contributed by atoms with van der Waals surface area (Å²) in [5, 5.41) is 3.15. The maximum atomic E-state index is 12.5. The minimum atomic E-state index is -0.153. The van der Waals surface area contributed by atoms with Crippen molar-refractivity contribution in [2.45, 2.75) is 6.92 Å². The molecule has 0 aliphatic heterocycles. The largest absolute Gasteiger partial charge is 0.497 e. The van der Waals surface area contributed by atoms with Crippen LogP contribution in [0.4, 0.5) is 0 Å². The number of hydrogen-bond donors (Lipinski definition) is 1. The highest BCUT2D eigenvalue weighted by molar-refractivity contribution is 5.72. The number of pyridine rings is 1. The van der Waals surface area contributed by atoms with E-state index < -0.39 is 0 Å². The first-order valence-electron chi connectivity index (χ1n) is 7.84. The maximum Gasteiger partial charge on any atom is 0.273 e. The molecule has 0 bridgehead atoms. The van der Waals surface area contributed by atoms with E-state index in [1.807, 2.05) is 43.3 Å². The summed E-state index contributed by atoms with van der Waals surface area (Å²) in [7, 11) is 1.63. The lowest BCUT2D eigenvalue weighted by molar-refractivity contribution is 0.415. The Hall–Kier alpha value is -3.41. The normalized spacial score (nSPS) is 11.0. The molecule has 6 heteroatoms. The Bertz CT molecular complexity index is 1100. The molecule has 3 aromatic heterocycles. The highest BCUT2D eigenvalue weighted by atomic mass is 16.5. The smallest absolute Gasteiger partial charge is 0.273 e. The van der Waals surface area contributed by atoms with E-state index in [0.717, 1.165) is 28.1 Å². The molecule has 1 aromatic carbocycles. The van der Waals surface area contributed by atoms with E-state index in [2.05, 4.69) is 15.1 Å². The van der Waals surface area contributed by atoms with Crippen LogP contribution in [0.1, 0.15) is 5.56 Å². The molecule has 0 atom stereocenters. The monoisotopic (exact) mass is 332 g/mol. The third-order valence-corrected chi connectivity index (χ3v) is 4.21. The average molecular weight is 332 g/mol. The minimum Gasteiger partial charge on any atom is -0.497 e. The lowest BCUT2D eigenvalue weighted by Gasteiger charge is -2.02. The van der Waals surface area contributed by atoms with Crippen molar-refractivity contribution >= 4 is 5.65 Å². The second kappa shape index (κ2) is 5.90. The van der Waals surface area contributed by atoms with Gasteiger partial charge in [-0.05, 0) is 43.3 Å². The van der Waals surface area contributed by atoms with Crippen LogP contribution < -0.4 is 10.3 Å². The van der Waals surface area contributed by atoms with Gasteiger partial charge in [-0.3, -0.25) is 14.9 Å². The van der Waals surface area contributed by atoms with Gasteiger partial charge in [0.05, 0.1) is 18.5 Å². The number of hydrogen-bond acceptors (Lipinski definition) is 4. The van der Waals surface area contributed by atoms with Gasteiger partial charge in [0.15, 0.2) is 5.65 Å². The predicted molar refractivity (Wildman–Crippen MR) is 95.8 cm³/mol. The Morgan fingerprint density at radius 1 is 1.04 bits per heavy atom. The topological polar surface area (TPSA) is 72.3 Å². The van der Waals surface area contributed by atoms with Crippen LogP contribution in [0, 0.1) is 6.92 Å². The van der Waals surface area contributed by atoms with Gasteiger partial charge >= 0.3 is 0 Å². The summed E-state index contributed by atoms with van der Waals surface area (Å²) in [6.45, 7) is 1.95. The summed E-state index contributed by atoms with van der Waals surface area (Å²) in [6.07, 6.45) is 3.37. The number of nitrogens with zero attached hydrogens (tertiary/aromatic N) is 3. The van der Waals surface area contributed by atoms with Crippen molar-refractivity contribution in [3.63, 3.8) is 0 Å².